The lowest BCUT2D eigenvalue weighted by Gasteiger charge is -2.09. The molecule has 0 atom stereocenters. The fraction of sp³-hybridized carbons (Fsp3) is 0.333. The standard InChI is InChI=1S/C12H16BrN5O2S/c1-7-4-11(15-5-9(7)13)18-21(19,20)12-8(2)16-17-10(12)6-14-3/h4-5,14H,6H2,1-3H3,(H,15,18)(H,16,17). The zero-order valence-corrected chi connectivity index (χ0v) is 14.3. The maximum Gasteiger partial charge on any atom is 0.266 e. The second-order valence-corrected chi connectivity index (χ2v) is 7.05. The third-order valence-electron chi connectivity index (χ3n) is 2.86. The number of sulfonamides is 1. The maximum absolute atomic E-state index is 12.5. The number of anilines is 1. The fourth-order valence-electron chi connectivity index (χ4n) is 1.90. The Morgan fingerprint density at radius 3 is 2.71 bits per heavy atom. The highest BCUT2D eigenvalue weighted by Crippen LogP contribution is 2.22. The number of nitrogens with one attached hydrogen (secondary N) is 3. The summed E-state index contributed by atoms with van der Waals surface area (Å²) >= 11 is 3.33. The summed E-state index contributed by atoms with van der Waals surface area (Å²) in [5.41, 5.74) is 1.82. The van der Waals surface area contributed by atoms with Gasteiger partial charge in [-0.3, -0.25) is 9.82 Å². The van der Waals surface area contributed by atoms with Gasteiger partial charge < -0.3 is 5.32 Å². The molecule has 0 spiro atoms. The van der Waals surface area contributed by atoms with Crippen LogP contribution in [-0.2, 0) is 16.6 Å². The number of aromatic nitrogens is 3. The first kappa shape index (κ1) is 15.9. The molecular weight excluding hydrogens is 358 g/mol. The topological polar surface area (TPSA) is 99.8 Å². The van der Waals surface area contributed by atoms with Gasteiger partial charge in [0, 0.05) is 17.2 Å². The Morgan fingerprint density at radius 1 is 1.38 bits per heavy atom. The second-order valence-electron chi connectivity index (χ2n) is 4.58. The van der Waals surface area contributed by atoms with E-state index in [4.69, 9.17) is 0 Å². The maximum atomic E-state index is 12.5. The van der Waals surface area contributed by atoms with E-state index in [1.807, 2.05) is 6.92 Å². The van der Waals surface area contributed by atoms with Gasteiger partial charge in [-0.15, -0.1) is 0 Å². The summed E-state index contributed by atoms with van der Waals surface area (Å²) in [6.07, 6.45) is 1.56. The number of aromatic amines is 1. The van der Waals surface area contributed by atoms with E-state index in [0.29, 0.717) is 17.9 Å². The van der Waals surface area contributed by atoms with E-state index in [9.17, 15) is 8.42 Å². The van der Waals surface area contributed by atoms with Crippen molar-refractivity contribution in [3.05, 3.63) is 33.7 Å². The number of halogens is 1. The van der Waals surface area contributed by atoms with Crippen molar-refractivity contribution in [2.45, 2.75) is 25.3 Å². The Kier molecular flexibility index (Phi) is 4.64. The number of aryl methyl sites for hydroxylation is 2. The summed E-state index contributed by atoms with van der Waals surface area (Å²) in [6, 6.07) is 1.66. The van der Waals surface area contributed by atoms with Crippen LogP contribution in [-0.4, -0.2) is 30.6 Å². The van der Waals surface area contributed by atoms with Crippen LogP contribution in [0.25, 0.3) is 0 Å². The summed E-state index contributed by atoms with van der Waals surface area (Å²) in [5.74, 6) is 0.270. The van der Waals surface area contributed by atoms with Crippen molar-refractivity contribution in [1.29, 1.82) is 0 Å². The summed E-state index contributed by atoms with van der Waals surface area (Å²) < 4.78 is 28.4. The van der Waals surface area contributed by atoms with Gasteiger partial charge in [-0.2, -0.15) is 5.10 Å². The molecule has 0 unspecified atom stereocenters. The number of H-pyrrole nitrogens is 1. The first-order valence-electron chi connectivity index (χ1n) is 6.18. The van der Waals surface area contributed by atoms with Gasteiger partial charge in [-0.05, 0) is 48.5 Å². The van der Waals surface area contributed by atoms with Crippen molar-refractivity contribution in [3.8, 4) is 0 Å². The van der Waals surface area contributed by atoms with Gasteiger partial charge in [-0.25, -0.2) is 13.4 Å². The summed E-state index contributed by atoms with van der Waals surface area (Å²) in [6.45, 7) is 3.88. The third kappa shape index (κ3) is 3.42. The monoisotopic (exact) mass is 373 g/mol. The van der Waals surface area contributed by atoms with Crippen LogP contribution in [0, 0.1) is 13.8 Å². The van der Waals surface area contributed by atoms with Crippen LogP contribution in [0.4, 0.5) is 5.82 Å². The minimum absolute atomic E-state index is 0.152. The molecule has 0 saturated heterocycles. The predicted molar refractivity (Wildman–Crippen MR) is 83.6 cm³/mol. The summed E-state index contributed by atoms with van der Waals surface area (Å²) in [5, 5.41) is 9.60. The molecule has 0 radical (unpaired) electrons. The number of pyridine rings is 1. The molecule has 114 valence electrons. The molecule has 0 amide bonds. The molecule has 21 heavy (non-hydrogen) atoms. The van der Waals surface area contributed by atoms with Crippen molar-refractivity contribution < 1.29 is 8.42 Å². The number of hydrogen-bond donors (Lipinski definition) is 3. The molecule has 0 aliphatic heterocycles. The van der Waals surface area contributed by atoms with Crippen molar-refractivity contribution in [2.24, 2.45) is 0 Å². The minimum Gasteiger partial charge on any atom is -0.314 e. The van der Waals surface area contributed by atoms with Gasteiger partial charge in [0.15, 0.2) is 0 Å². The second kappa shape index (κ2) is 6.12. The predicted octanol–water partition coefficient (Wildman–Crippen LogP) is 1.70. The lowest BCUT2D eigenvalue weighted by atomic mass is 10.3. The van der Waals surface area contributed by atoms with E-state index in [-0.39, 0.29) is 10.7 Å². The Balaban J connectivity index is 2.38. The van der Waals surface area contributed by atoms with Crippen molar-refractivity contribution in [3.63, 3.8) is 0 Å². The third-order valence-corrected chi connectivity index (χ3v) is 5.25. The zero-order valence-electron chi connectivity index (χ0n) is 11.9. The van der Waals surface area contributed by atoms with Gasteiger partial charge in [0.05, 0.1) is 11.4 Å². The normalized spacial score (nSPS) is 11.6. The van der Waals surface area contributed by atoms with E-state index in [0.717, 1.165) is 10.0 Å². The van der Waals surface area contributed by atoms with Gasteiger partial charge in [0.2, 0.25) is 0 Å². The van der Waals surface area contributed by atoms with Crippen molar-refractivity contribution in [2.75, 3.05) is 11.8 Å². The van der Waals surface area contributed by atoms with Crippen LogP contribution in [0.5, 0.6) is 0 Å². The van der Waals surface area contributed by atoms with Crippen LogP contribution < -0.4 is 10.0 Å². The molecule has 9 heteroatoms. The molecule has 0 bridgehead atoms. The lowest BCUT2D eigenvalue weighted by Crippen LogP contribution is -2.18. The molecule has 3 N–H and O–H groups in total. The highest BCUT2D eigenvalue weighted by Gasteiger charge is 2.24. The molecular formula is C12H16BrN5O2S. The molecule has 2 aromatic heterocycles. The van der Waals surface area contributed by atoms with Gasteiger partial charge in [0.1, 0.15) is 10.7 Å². The fourth-order valence-corrected chi connectivity index (χ4v) is 3.48. The Bertz CT molecular complexity index is 757. The Morgan fingerprint density at radius 2 is 2.10 bits per heavy atom. The lowest BCUT2D eigenvalue weighted by molar-refractivity contribution is 0.598. The molecule has 0 aliphatic rings. The van der Waals surface area contributed by atoms with Crippen molar-refractivity contribution >= 4 is 31.8 Å². The average Bonchev–Trinajstić information content (AvgIpc) is 2.76. The molecule has 0 saturated carbocycles. The van der Waals surface area contributed by atoms with Crippen LogP contribution in [0.2, 0.25) is 0 Å². The summed E-state index contributed by atoms with van der Waals surface area (Å²) in [7, 11) is -2.02. The molecule has 0 aromatic carbocycles. The Labute approximate surface area is 131 Å². The molecule has 0 aliphatic carbocycles. The van der Waals surface area contributed by atoms with Gasteiger partial charge >= 0.3 is 0 Å². The summed E-state index contributed by atoms with van der Waals surface area (Å²) in [4.78, 5) is 4.21. The van der Waals surface area contributed by atoms with Crippen molar-refractivity contribution in [1.82, 2.24) is 20.5 Å². The highest BCUT2D eigenvalue weighted by molar-refractivity contribution is 9.10. The number of nitrogens with zero attached hydrogens (tertiary/aromatic N) is 2. The zero-order chi connectivity index (χ0) is 15.6. The van der Waals surface area contributed by atoms with E-state index >= 15 is 0 Å². The SMILES string of the molecule is CNCc1n[nH]c(C)c1S(=O)(=O)Nc1cc(C)c(Br)cn1. The van der Waals surface area contributed by atoms with E-state index < -0.39 is 10.0 Å². The van der Waals surface area contributed by atoms with Gasteiger partial charge in [-0.1, -0.05) is 0 Å². The first-order chi connectivity index (χ1) is 9.85. The van der Waals surface area contributed by atoms with E-state index in [2.05, 4.69) is 41.2 Å². The van der Waals surface area contributed by atoms with Crippen LogP contribution in [0.1, 0.15) is 17.0 Å². The smallest absolute Gasteiger partial charge is 0.266 e. The molecule has 2 heterocycles. The largest absolute Gasteiger partial charge is 0.314 e. The molecule has 2 aromatic rings. The molecule has 2 rings (SSSR count). The minimum atomic E-state index is -3.74. The van der Waals surface area contributed by atoms with Crippen LogP contribution in [0.15, 0.2) is 21.6 Å². The van der Waals surface area contributed by atoms with E-state index in [1.165, 1.54) is 0 Å². The van der Waals surface area contributed by atoms with Gasteiger partial charge in [0.25, 0.3) is 10.0 Å². The number of hydrogen-bond acceptors (Lipinski definition) is 5. The van der Waals surface area contributed by atoms with E-state index in [1.54, 1.807) is 26.2 Å². The van der Waals surface area contributed by atoms with Crippen LogP contribution in [0.3, 0.4) is 0 Å². The van der Waals surface area contributed by atoms with Crippen LogP contribution >= 0.6 is 15.9 Å². The molecule has 7 nitrogen and oxygen atoms in total. The number of rotatable bonds is 5. The molecule has 0 fully saturated rings. The first-order valence-corrected chi connectivity index (χ1v) is 8.46. The average molecular weight is 374 g/mol. The Hall–Kier alpha value is -1.45. The quantitative estimate of drug-likeness (QED) is 0.740. The highest BCUT2D eigenvalue weighted by atomic mass is 79.9.